The summed E-state index contributed by atoms with van der Waals surface area (Å²) in [6.07, 6.45) is 0. The van der Waals surface area contributed by atoms with E-state index in [0.29, 0.717) is 22.0 Å². The predicted molar refractivity (Wildman–Crippen MR) is 81.6 cm³/mol. The third-order valence-corrected chi connectivity index (χ3v) is 3.67. The quantitative estimate of drug-likeness (QED) is 0.883. The lowest BCUT2D eigenvalue weighted by molar-refractivity contribution is 0.102. The van der Waals surface area contributed by atoms with Crippen molar-refractivity contribution in [3.05, 3.63) is 52.0 Å². The lowest BCUT2D eigenvalue weighted by atomic mass is 10.1. The fourth-order valence-corrected chi connectivity index (χ4v) is 2.34. The summed E-state index contributed by atoms with van der Waals surface area (Å²) < 4.78 is 37.3. The van der Waals surface area contributed by atoms with E-state index in [1.807, 2.05) is 0 Å². The maximum Gasteiger partial charge on any atom is 0.256 e. The average molecular weight is 372 g/mol. The van der Waals surface area contributed by atoms with Crippen LogP contribution in [0.2, 0.25) is 0 Å². The number of ether oxygens (including phenoxy) is 2. The maximum atomic E-state index is 13.6. The summed E-state index contributed by atoms with van der Waals surface area (Å²) in [7, 11) is 2.89. The van der Waals surface area contributed by atoms with Gasteiger partial charge in [-0.05, 0) is 40.2 Å². The molecule has 2 aromatic rings. The van der Waals surface area contributed by atoms with Gasteiger partial charge < -0.3 is 14.8 Å². The van der Waals surface area contributed by atoms with Crippen molar-refractivity contribution in [3.63, 3.8) is 0 Å². The summed E-state index contributed by atoms with van der Waals surface area (Å²) in [5.41, 5.74) is 0.0906. The molecule has 0 heterocycles. The van der Waals surface area contributed by atoms with Gasteiger partial charge in [0, 0.05) is 11.6 Å². The molecule has 0 atom stereocenters. The summed E-state index contributed by atoms with van der Waals surface area (Å²) in [6, 6.07) is 5.85. The highest BCUT2D eigenvalue weighted by Crippen LogP contribution is 2.35. The summed E-state index contributed by atoms with van der Waals surface area (Å²) in [6.45, 7) is 0. The molecule has 0 aromatic heterocycles. The normalized spacial score (nSPS) is 10.2. The molecule has 2 rings (SSSR count). The van der Waals surface area contributed by atoms with Crippen LogP contribution in [0.4, 0.5) is 14.5 Å². The van der Waals surface area contributed by atoms with Gasteiger partial charge in [-0.2, -0.15) is 0 Å². The molecule has 0 spiro atoms. The maximum absolute atomic E-state index is 13.6. The molecule has 22 heavy (non-hydrogen) atoms. The number of anilines is 1. The zero-order valence-electron chi connectivity index (χ0n) is 11.7. The van der Waals surface area contributed by atoms with E-state index in [4.69, 9.17) is 9.47 Å². The van der Waals surface area contributed by atoms with Crippen molar-refractivity contribution >= 4 is 27.5 Å². The van der Waals surface area contributed by atoms with Crippen LogP contribution in [0.5, 0.6) is 11.5 Å². The van der Waals surface area contributed by atoms with Crippen LogP contribution in [0.3, 0.4) is 0 Å². The van der Waals surface area contributed by atoms with Gasteiger partial charge in [-0.3, -0.25) is 4.79 Å². The van der Waals surface area contributed by atoms with Crippen molar-refractivity contribution in [2.24, 2.45) is 0 Å². The zero-order chi connectivity index (χ0) is 16.3. The smallest absolute Gasteiger partial charge is 0.256 e. The lowest BCUT2D eigenvalue weighted by Crippen LogP contribution is -2.13. The highest BCUT2D eigenvalue weighted by atomic mass is 79.9. The van der Waals surface area contributed by atoms with Crippen LogP contribution in [0, 0.1) is 11.6 Å². The largest absolute Gasteiger partial charge is 0.495 e. The lowest BCUT2D eigenvalue weighted by Gasteiger charge is -2.12. The third-order valence-electron chi connectivity index (χ3n) is 2.89. The number of hydrogen-bond donors (Lipinski definition) is 1. The van der Waals surface area contributed by atoms with Crippen molar-refractivity contribution in [2.45, 2.75) is 0 Å². The Kier molecular flexibility index (Phi) is 4.97. The first-order valence-electron chi connectivity index (χ1n) is 6.14. The molecule has 0 saturated heterocycles. The Bertz CT molecular complexity index is 697. The second-order valence-corrected chi connectivity index (χ2v) is 5.07. The van der Waals surface area contributed by atoms with E-state index in [1.165, 1.54) is 26.4 Å². The van der Waals surface area contributed by atoms with E-state index in [0.717, 1.165) is 12.1 Å². The number of hydrogen-bond acceptors (Lipinski definition) is 3. The number of rotatable bonds is 4. The van der Waals surface area contributed by atoms with Gasteiger partial charge in [-0.15, -0.1) is 0 Å². The van der Waals surface area contributed by atoms with E-state index in [9.17, 15) is 13.6 Å². The molecular formula is C15H12BrF2NO3. The Morgan fingerprint density at radius 2 is 1.68 bits per heavy atom. The van der Waals surface area contributed by atoms with E-state index in [1.54, 1.807) is 0 Å². The number of nitrogens with one attached hydrogen (secondary N) is 1. The van der Waals surface area contributed by atoms with E-state index in [-0.39, 0.29) is 11.3 Å². The second-order valence-electron chi connectivity index (χ2n) is 4.27. The van der Waals surface area contributed by atoms with Crippen molar-refractivity contribution in [1.29, 1.82) is 0 Å². The van der Waals surface area contributed by atoms with E-state index in [2.05, 4.69) is 21.2 Å². The minimum atomic E-state index is -0.857. The van der Waals surface area contributed by atoms with Crippen molar-refractivity contribution in [3.8, 4) is 11.5 Å². The third kappa shape index (κ3) is 3.36. The van der Waals surface area contributed by atoms with Crippen LogP contribution in [0.15, 0.2) is 34.8 Å². The van der Waals surface area contributed by atoms with Gasteiger partial charge in [0.15, 0.2) is 0 Å². The highest BCUT2D eigenvalue weighted by molar-refractivity contribution is 9.10. The number of carbonyl (C=O) groups excluding carboxylic acids is 1. The van der Waals surface area contributed by atoms with Crippen LogP contribution in [-0.2, 0) is 0 Å². The van der Waals surface area contributed by atoms with Gasteiger partial charge >= 0.3 is 0 Å². The molecule has 0 saturated carbocycles. The summed E-state index contributed by atoms with van der Waals surface area (Å²) in [4.78, 5) is 12.2. The highest BCUT2D eigenvalue weighted by Gasteiger charge is 2.16. The van der Waals surface area contributed by atoms with Crippen molar-refractivity contribution < 1.29 is 23.0 Å². The number of amides is 1. The first kappa shape index (κ1) is 16.2. The van der Waals surface area contributed by atoms with Gasteiger partial charge in [0.2, 0.25) is 0 Å². The molecule has 0 radical (unpaired) electrons. The molecule has 0 unspecified atom stereocenters. The van der Waals surface area contributed by atoms with Gasteiger partial charge in [0.25, 0.3) is 5.91 Å². The predicted octanol–water partition coefficient (Wildman–Crippen LogP) is 4.00. The Balaban J connectivity index is 2.33. The molecule has 0 aliphatic carbocycles. The van der Waals surface area contributed by atoms with Gasteiger partial charge in [-0.25, -0.2) is 8.78 Å². The Morgan fingerprint density at radius 3 is 2.18 bits per heavy atom. The molecular weight excluding hydrogens is 360 g/mol. The summed E-state index contributed by atoms with van der Waals surface area (Å²) >= 11 is 3.29. The van der Waals surface area contributed by atoms with Crippen LogP contribution >= 0.6 is 15.9 Å². The van der Waals surface area contributed by atoms with Crippen LogP contribution < -0.4 is 14.8 Å². The summed E-state index contributed by atoms with van der Waals surface area (Å²) in [5.74, 6) is -1.37. The van der Waals surface area contributed by atoms with Crippen LogP contribution in [-0.4, -0.2) is 20.1 Å². The standard InChI is InChI=1S/C15H12BrF2NO3/c1-21-12-5-8(6-13(22-2)14(12)16)15(20)19-11-4-3-9(17)7-10(11)18/h3-7H,1-2H3,(H,19,20). The number of carbonyl (C=O) groups is 1. The fraction of sp³-hybridized carbons (Fsp3) is 0.133. The van der Waals surface area contributed by atoms with Gasteiger partial charge in [-0.1, -0.05) is 0 Å². The van der Waals surface area contributed by atoms with Crippen molar-refractivity contribution in [1.82, 2.24) is 0 Å². The minimum absolute atomic E-state index is 0.118. The Morgan fingerprint density at radius 1 is 1.09 bits per heavy atom. The molecule has 116 valence electrons. The molecule has 4 nitrogen and oxygen atoms in total. The first-order chi connectivity index (χ1) is 10.5. The fourth-order valence-electron chi connectivity index (χ4n) is 1.79. The zero-order valence-corrected chi connectivity index (χ0v) is 13.3. The molecule has 0 aliphatic heterocycles. The molecule has 1 amide bonds. The first-order valence-corrected chi connectivity index (χ1v) is 6.93. The van der Waals surface area contributed by atoms with Gasteiger partial charge in [0.05, 0.1) is 19.9 Å². The molecule has 1 N–H and O–H groups in total. The topological polar surface area (TPSA) is 47.6 Å². The van der Waals surface area contributed by atoms with E-state index >= 15 is 0 Å². The molecule has 7 heteroatoms. The average Bonchev–Trinajstić information content (AvgIpc) is 2.50. The molecule has 0 aliphatic rings. The van der Waals surface area contributed by atoms with Crippen LogP contribution in [0.25, 0.3) is 0 Å². The Hall–Kier alpha value is -2.15. The molecule has 2 aromatic carbocycles. The SMILES string of the molecule is COc1cc(C(=O)Nc2ccc(F)cc2F)cc(OC)c1Br. The second kappa shape index (κ2) is 6.74. The van der Waals surface area contributed by atoms with Crippen molar-refractivity contribution in [2.75, 3.05) is 19.5 Å². The molecule has 0 fully saturated rings. The number of benzene rings is 2. The van der Waals surface area contributed by atoms with Gasteiger partial charge in [0.1, 0.15) is 27.6 Å². The minimum Gasteiger partial charge on any atom is -0.495 e. The number of halogens is 3. The van der Waals surface area contributed by atoms with Crippen LogP contribution in [0.1, 0.15) is 10.4 Å². The van der Waals surface area contributed by atoms with E-state index < -0.39 is 17.5 Å². The summed E-state index contributed by atoms with van der Waals surface area (Å²) in [5, 5.41) is 2.37. The molecule has 0 bridgehead atoms. The number of methoxy groups -OCH3 is 2. The Labute approximate surface area is 134 Å². The monoisotopic (exact) mass is 371 g/mol.